The lowest BCUT2D eigenvalue weighted by atomic mass is 9.97. The number of phenolic OH excluding ortho intramolecular Hbond substituents is 1. The Balaban J connectivity index is 3.43. The van der Waals surface area contributed by atoms with Crippen molar-refractivity contribution < 1.29 is 9.84 Å². The van der Waals surface area contributed by atoms with Crippen molar-refractivity contribution in [3.05, 3.63) is 21.7 Å². The van der Waals surface area contributed by atoms with Gasteiger partial charge in [-0.25, -0.2) is 0 Å². The molecule has 0 saturated carbocycles. The van der Waals surface area contributed by atoms with E-state index >= 15 is 0 Å². The topological polar surface area (TPSA) is 55.5 Å². The first-order chi connectivity index (χ1) is 7.40. The normalized spacial score (nSPS) is 12.6. The first-order valence-electron chi connectivity index (χ1n) is 5.20. The molecule has 3 nitrogen and oxygen atoms in total. The van der Waals surface area contributed by atoms with Crippen LogP contribution in [-0.2, 0) is 6.42 Å². The summed E-state index contributed by atoms with van der Waals surface area (Å²) in [6.07, 6.45) is 0.577. The Morgan fingerprint density at radius 2 is 1.94 bits per heavy atom. The van der Waals surface area contributed by atoms with Gasteiger partial charge in [0, 0.05) is 17.2 Å². The number of hydrogen-bond acceptors (Lipinski definition) is 3. The second kappa shape index (κ2) is 4.93. The van der Waals surface area contributed by atoms with E-state index in [0.717, 1.165) is 16.7 Å². The second-order valence-electron chi connectivity index (χ2n) is 4.11. The van der Waals surface area contributed by atoms with Crippen LogP contribution in [0.4, 0.5) is 0 Å². The summed E-state index contributed by atoms with van der Waals surface area (Å²) < 4.78 is 5.16. The first kappa shape index (κ1) is 13.1. The molecule has 1 aromatic rings. The molecule has 0 radical (unpaired) electrons. The van der Waals surface area contributed by atoms with Gasteiger partial charge < -0.3 is 15.6 Å². The highest BCUT2D eigenvalue weighted by atomic mass is 35.5. The standard InChI is InChI=1S/C12H18ClNO2/c1-6(14)5-9-7(2)10(13)8(3)12(16-4)11(9)15/h6,15H,5,14H2,1-4H3. The quantitative estimate of drug-likeness (QED) is 0.858. The molecule has 90 valence electrons. The number of phenols is 1. The lowest BCUT2D eigenvalue weighted by molar-refractivity contribution is 0.367. The van der Waals surface area contributed by atoms with E-state index in [1.807, 2.05) is 20.8 Å². The highest BCUT2D eigenvalue weighted by molar-refractivity contribution is 6.32. The zero-order chi connectivity index (χ0) is 12.5. The number of nitrogens with two attached hydrogens (primary N) is 1. The summed E-state index contributed by atoms with van der Waals surface area (Å²) in [4.78, 5) is 0. The maximum atomic E-state index is 10.1. The molecule has 1 unspecified atom stereocenters. The van der Waals surface area contributed by atoms with E-state index in [-0.39, 0.29) is 11.8 Å². The Morgan fingerprint density at radius 3 is 2.38 bits per heavy atom. The van der Waals surface area contributed by atoms with Crippen molar-refractivity contribution in [2.24, 2.45) is 5.73 Å². The lowest BCUT2D eigenvalue weighted by Gasteiger charge is -2.18. The number of ether oxygens (including phenoxy) is 1. The first-order valence-corrected chi connectivity index (χ1v) is 5.58. The summed E-state index contributed by atoms with van der Waals surface area (Å²) in [6.45, 7) is 5.59. The molecule has 0 aliphatic heterocycles. The Labute approximate surface area is 101 Å². The van der Waals surface area contributed by atoms with Gasteiger partial charge in [0.2, 0.25) is 0 Å². The van der Waals surface area contributed by atoms with Crippen molar-refractivity contribution in [3.8, 4) is 11.5 Å². The minimum atomic E-state index is -0.0342. The van der Waals surface area contributed by atoms with Gasteiger partial charge in [0.05, 0.1) is 12.1 Å². The number of aromatic hydroxyl groups is 1. The summed E-state index contributed by atoms with van der Waals surface area (Å²) in [5.74, 6) is 0.588. The number of benzene rings is 1. The zero-order valence-corrected chi connectivity index (χ0v) is 10.9. The third-order valence-corrected chi connectivity index (χ3v) is 3.25. The third-order valence-electron chi connectivity index (χ3n) is 2.68. The van der Waals surface area contributed by atoms with Crippen LogP contribution in [0, 0.1) is 13.8 Å². The molecule has 0 aliphatic rings. The molecule has 3 N–H and O–H groups in total. The number of rotatable bonds is 3. The second-order valence-corrected chi connectivity index (χ2v) is 4.48. The van der Waals surface area contributed by atoms with Crippen LogP contribution >= 0.6 is 11.6 Å². The smallest absolute Gasteiger partial charge is 0.165 e. The highest BCUT2D eigenvalue weighted by Crippen LogP contribution is 2.41. The van der Waals surface area contributed by atoms with E-state index in [4.69, 9.17) is 22.1 Å². The molecule has 0 fully saturated rings. The summed E-state index contributed by atoms with van der Waals surface area (Å²) in [5.41, 5.74) is 8.14. The maximum Gasteiger partial charge on any atom is 0.165 e. The maximum absolute atomic E-state index is 10.1. The van der Waals surface area contributed by atoms with E-state index in [9.17, 15) is 5.11 Å². The molecule has 0 aromatic heterocycles. The van der Waals surface area contributed by atoms with Gasteiger partial charge in [-0.1, -0.05) is 11.6 Å². The Kier molecular flexibility index (Phi) is 4.05. The van der Waals surface area contributed by atoms with E-state index in [1.54, 1.807) is 0 Å². The molecule has 0 bridgehead atoms. The molecular formula is C12H18ClNO2. The molecule has 0 aliphatic carbocycles. The highest BCUT2D eigenvalue weighted by Gasteiger charge is 2.19. The van der Waals surface area contributed by atoms with Gasteiger partial charge in [-0.2, -0.15) is 0 Å². The fourth-order valence-electron chi connectivity index (χ4n) is 1.83. The monoisotopic (exact) mass is 243 g/mol. The van der Waals surface area contributed by atoms with Crippen LogP contribution in [0.3, 0.4) is 0 Å². The van der Waals surface area contributed by atoms with Crippen molar-refractivity contribution in [2.75, 3.05) is 7.11 Å². The molecule has 1 rings (SSSR count). The van der Waals surface area contributed by atoms with Gasteiger partial charge in [0.25, 0.3) is 0 Å². The summed E-state index contributed by atoms with van der Waals surface area (Å²) in [5, 5.41) is 10.7. The van der Waals surface area contributed by atoms with Crippen molar-refractivity contribution in [3.63, 3.8) is 0 Å². The SMILES string of the molecule is COc1c(C)c(Cl)c(C)c(CC(C)N)c1O. The average molecular weight is 244 g/mol. The zero-order valence-electron chi connectivity index (χ0n) is 10.1. The van der Waals surface area contributed by atoms with Gasteiger partial charge in [-0.15, -0.1) is 0 Å². The van der Waals surface area contributed by atoms with Gasteiger partial charge in [0.1, 0.15) is 0 Å². The largest absolute Gasteiger partial charge is 0.504 e. The fourth-order valence-corrected chi connectivity index (χ4v) is 2.03. The van der Waals surface area contributed by atoms with E-state index in [0.29, 0.717) is 17.2 Å². The lowest BCUT2D eigenvalue weighted by Crippen LogP contribution is -2.18. The number of hydrogen-bond donors (Lipinski definition) is 2. The van der Waals surface area contributed by atoms with E-state index in [2.05, 4.69) is 0 Å². The van der Waals surface area contributed by atoms with Crippen LogP contribution in [0.1, 0.15) is 23.6 Å². The Morgan fingerprint density at radius 1 is 1.38 bits per heavy atom. The molecular weight excluding hydrogens is 226 g/mol. The number of halogens is 1. The number of methoxy groups -OCH3 is 1. The third kappa shape index (κ3) is 2.25. The van der Waals surface area contributed by atoms with Crippen molar-refractivity contribution >= 4 is 11.6 Å². The Hall–Kier alpha value is -0.930. The molecule has 4 heteroatoms. The van der Waals surface area contributed by atoms with Crippen LogP contribution in [0.2, 0.25) is 5.02 Å². The van der Waals surface area contributed by atoms with Crippen molar-refractivity contribution in [2.45, 2.75) is 33.2 Å². The Bertz CT molecular complexity index is 403. The predicted molar refractivity (Wildman–Crippen MR) is 66.5 cm³/mol. The summed E-state index contributed by atoms with van der Waals surface area (Å²) in [7, 11) is 1.52. The van der Waals surface area contributed by atoms with Crippen LogP contribution in [-0.4, -0.2) is 18.3 Å². The van der Waals surface area contributed by atoms with Crippen LogP contribution in [0.15, 0.2) is 0 Å². The molecule has 16 heavy (non-hydrogen) atoms. The van der Waals surface area contributed by atoms with Gasteiger partial charge in [0.15, 0.2) is 11.5 Å². The molecule has 0 saturated heterocycles. The van der Waals surface area contributed by atoms with Crippen LogP contribution in [0.5, 0.6) is 11.5 Å². The van der Waals surface area contributed by atoms with Gasteiger partial charge in [-0.3, -0.25) is 0 Å². The minimum Gasteiger partial charge on any atom is -0.504 e. The summed E-state index contributed by atoms with van der Waals surface area (Å²) in [6, 6.07) is -0.0342. The van der Waals surface area contributed by atoms with Crippen LogP contribution in [0.25, 0.3) is 0 Å². The summed E-state index contributed by atoms with van der Waals surface area (Å²) >= 11 is 6.19. The fraction of sp³-hybridized carbons (Fsp3) is 0.500. The molecule has 1 aromatic carbocycles. The van der Waals surface area contributed by atoms with Crippen molar-refractivity contribution in [1.29, 1.82) is 0 Å². The predicted octanol–water partition coefficient (Wildman–Crippen LogP) is 2.56. The van der Waals surface area contributed by atoms with Gasteiger partial charge in [-0.05, 0) is 32.8 Å². The molecule has 0 heterocycles. The molecule has 1 atom stereocenters. The van der Waals surface area contributed by atoms with E-state index < -0.39 is 0 Å². The molecule has 0 spiro atoms. The van der Waals surface area contributed by atoms with E-state index in [1.165, 1.54) is 7.11 Å². The van der Waals surface area contributed by atoms with Crippen molar-refractivity contribution in [1.82, 2.24) is 0 Å². The average Bonchev–Trinajstić information content (AvgIpc) is 2.22. The van der Waals surface area contributed by atoms with Gasteiger partial charge >= 0.3 is 0 Å². The van der Waals surface area contributed by atoms with Crippen LogP contribution < -0.4 is 10.5 Å². The molecule has 0 amide bonds. The minimum absolute atomic E-state index is 0.0342.